The van der Waals surface area contributed by atoms with Gasteiger partial charge in [-0.25, -0.2) is 4.39 Å². The van der Waals surface area contributed by atoms with Gasteiger partial charge in [0, 0.05) is 22.7 Å². The molecule has 0 fully saturated rings. The van der Waals surface area contributed by atoms with Crippen molar-refractivity contribution in [1.29, 1.82) is 0 Å². The summed E-state index contributed by atoms with van der Waals surface area (Å²) in [6.45, 7) is 5.78. The second-order valence-electron chi connectivity index (χ2n) is 6.87. The van der Waals surface area contributed by atoms with E-state index < -0.39 is 17.6 Å². The zero-order chi connectivity index (χ0) is 20.6. The Kier molecular flexibility index (Phi) is 5.52. The predicted octanol–water partition coefficient (Wildman–Crippen LogP) is 4.61. The van der Waals surface area contributed by atoms with Crippen LogP contribution in [-0.4, -0.2) is 22.6 Å². The van der Waals surface area contributed by atoms with Crippen LogP contribution in [0, 0.1) is 19.7 Å². The van der Waals surface area contributed by atoms with E-state index in [1.165, 1.54) is 13.2 Å². The van der Waals surface area contributed by atoms with Crippen molar-refractivity contribution in [3.63, 3.8) is 0 Å². The molecule has 4 nitrogen and oxygen atoms in total. The molecule has 0 bridgehead atoms. The summed E-state index contributed by atoms with van der Waals surface area (Å²) in [6, 6.07) is 10.9. The zero-order valence-corrected chi connectivity index (χ0v) is 17.2. The van der Waals surface area contributed by atoms with Gasteiger partial charge in [-0.15, -0.1) is 0 Å². The minimum absolute atomic E-state index is 0.117. The van der Waals surface area contributed by atoms with Gasteiger partial charge in [-0.3, -0.25) is 4.79 Å². The molecule has 0 saturated heterocycles. The van der Waals surface area contributed by atoms with Gasteiger partial charge in [0.15, 0.2) is 11.6 Å². The topological polar surface area (TPSA) is 57.2 Å². The van der Waals surface area contributed by atoms with Crippen molar-refractivity contribution < 1.29 is 13.9 Å². The second kappa shape index (κ2) is 7.72. The summed E-state index contributed by atoms with van der Waals surface area (Å²) in [5, 5.41) is 0.718. The number of aryl methyl sites for hydroxylation is 1. The van der Waals surface area contributed by atoms with Gasteiger partial charge >= 0.3 is 0 Å². The molecule has 6 heteroatoms. The summed E-state index contributed by atoms with van der Waals surface area (Å²) in [6.07, 6.45) is 0.534. The number of rotatable bonds is 5. The summed E-state index contributed by atoms with van der Waals surface area (Å²) < 4.78 is 21.5. The third-order valence-electron chi connectivity index (χ3n) is 5.13. The summed E-state index contributed by atoms with van der Waals surface area (Å²) in [7, 11) is 1.41. The van der Waals surface area contributed by atoms with E-state index in [2.05, 4.69) is 0 Å². The number of aromatic nitrogens is 1. The van der Waals surface area contributed by atoms with Crippen molar-refractivity contribution in [3.05, 3.63) is 64.6 Å². The van der Waals surface area contributed by atoms with Gasteiger partial charge < -0.3 is 15.0 Å². The van der Waals surface area contributed by atoms with Gasteiger partial charge in [-0.1, -0.05) is 49.0 Å². The monoisotopic (exact) mass is 398 g/mol. The Morgan fingerprint density at radius 3 is 2.43 bits per heavy atom. The maximum absolute atomic E-state index is 14.5. The molecule has 2 N–H and O–H groups in total. The number of halogens is 1. The first-order valence-electron chi connectivity index (χ1n) is 9.09. The van der Waals surface area contributed by atoms with Crippen molar-refractivity contribution in [3.8, 4) is 5.75 Å². The van der Waals surface area contributed by atoms with Crippen LogP contribution in [0.15, 0.2) is 36.4 Å². The van der Waals surface area contributed by atoms with Gasteiger partial charge in [0.1, 0.15) is 4.99 Å². The number of benzene rings is 2. The molecule has 146 valence electrons. The Labute approximate surface area is 169 Å². The standard InChI is InChI=1S/C22H23FN2O2S/c1-5-15(21(24)26)20-13(3)25(22(28)14-8-6-12(2)7-9-14)18-11-17(23)19(27-4)10-16(18)20/h6-11,15H,5H2,1-4H3,(H2,24,26). The number of thiocarbonyl (C=S) groups is 1. The van der Waals surface area contributed by atoms with Gasteiger partial charge in [0.25, 0.3) is 0 Å². The fraction of sp³-hybridized carbons (Fsp3) is 0.273. The molecule has 0 saturated carbocycles. The van der Waals surface area contributed by atoms with E-state index >= 15 is 0 Å². The Morgan fingerprint density at radius 1 is 1.25 bits per heavy atom. The molecule has 1 heterocycles. The van der Waals surface area contributed by atoms with Crippen LogP contribution in [0.4, 0.5) is 4.39 Å². The highest BCUT2D eigenvalue weighted by atomic mass is 32.1. The van der Waals surface area contributed by atoms with Crippen LogP contribution in [0.5, 0.6) is 5.75 Å². The zero-order valence-electron chi connectivity index (χ0n) is 16.4. The van der Waals surface area contributed by atoms with Crippen LogP contribution in [-0.2, 0) is 4.79 Å². The molecule has 0 aliphatic carbocycles. The fourth-order valence-electron chi connectivity index (χ4n) is 3.67. The number of ether oxygens (including phenoxy) is 1. The Balaban J connectivity index is 2.35. The van der Waals surface area contributed by atoms with E-state index in [1.807, 2.05) is 49.6 Å². The number of hydrogen-bond acceptors (Lipinski definition) is 3. The van der Waals surface area contributed by atoms with E-state index in [1.54, 1.807) is 6.07 Å². The molecule has 3 rings (SSSR count). The number of carbonyl (C=O) groups excluding carboxylic acids is 1. The summed E-state index contributed by atoms with van der Waals surface area (Å²) in [5.74, 6) is -1.29. The number of amides is 1. The number of fused-ring (bicyclic) bond motifs is 1. The van der Waals surface area contributed by atoms with E-state index in [9.17, 15) is 9.18 Å². The molecule has 0 aliphatic heterocycles. The second-order valence-corrected chi connectivity index (χ2v) is 7.26. The third-order valence-corrected chi connectivity index (χ3v) is 5.55. The minimum Gasteiger partial charge on any atom is -0.494 e. The molecule has 2 aromatic carbocycles. The third kappa shape index (κ3) is 3.29. The van der Waals surface area contributed by atoms with Crippen molar-refractivity contribution in [2.75, 3.05) is 7.11 Å². The molecule has 28 heavy (non-hydrogen) atoms. The van der Waals surface area contributed by atoms with Gasteiger partial charge in [-0.05, 0) is 31.9 Å². The lowest BCUT2D eigenvalue weighted by Crippen LogP contribution is -2.22. The minimum atomic E-state index is -0.500. The van der Waals surface area contributed by atoms with E-state index in [-0.39, 0.29) is 5.75 Å². The van der Waals surface area contributed by atoms with E-state index in [4.69, 9.17) is 22.7 Å². The molecule has 1 amide bonds. The van der Waals surface area contributed by atoms with E-state index in [0.29, 0.717) is 16.9 Å². The number of nitrogens with two attached hydrogens (primary N) is 1. The Hall–Kier alpha value is -2.73. The van der Waals surface area contributed by atoms with Crippen LogP contribution >= 0.6 is 12.2 Å². The molecular weight excluding hydrogens is 375 g/mol. The number of nitrogens with zero attached hydrogens (tertiary/aromatic N) is 1. The first-order chi connectivity index (χ1) is 13.3. The lowest BCUT2D eigenvalue weighted by Gasteiger charge is -2.14. The van der Waals surface area contributed by atoms with Crippen molar-refractivity contribution in [2.24, 2.45) is 5.73 Å². The van der Waals surface area contributed by atoms with Gasteiger partial charge in [-0.2, -0.15) is 0 Å². The first kappa shape index (κ1) is 20.0. The van der Waals surface area contributed by atoms with Crippen molar-refractivity contribution in [1.82, 2.24) is 4.57 Å². The highest BCUT2D eigenvalue weighted by Gasteiger charge is 2.27. The highest BCUT2D eigenvalue weighted by molar-refractivity contribution is 7.80. The first-order valence-corrected chi connectivity index (χ1v) is 9.50. The molecule has 1 atom stereocenters. The molecule has 0 aliphatic rings. The lowest BCUT2D eigenvalue weighted by atomic mass is 9.93. The van der Waals surface area contributed by atoms with Crippen LogP contribution in [0.1, 0.15) is 41.6 Å². The number of carbonyl (C=O) groups is 1. The summed E-state index contributed by atoms with van der Waals surface area (Å²) in [5.41, 5.74) is 9.76. The number of primary amides is 1. The summed E-state index contributed by atoms with van der Waals surface area (Å²) >= 11 is 5.74. The van der Waals surface area contributed by atoms with Crippen LogP contribution in [0.2, 0.25) is 0 Å². The molecule has 1 aromatic heterocycles. The maximum Gasteiger partial charge on any atom is 0.225 e. The summed E-state index contributed by atoms with van der Waals surface area (Å²) in [4.78, 5) is 12.6. The van der Waals surface area contributed by atoms with Crippen molar-refractivity contribution in [2.45, 2.75) is 33.1 Å². The lowest BCUT2D eigenvalue weighted by molar-refractivity contribution is -0.119. The molecular formula is C22H23FN2O2S. The van der Waals surface area contributed by atoms with Crippen molar-refractivity contribution >= 4 is 34.0 Å². The molecule has 1 unspecified atom stereocenters. The smallest absolute Gasteiger partial charge is 0.225 e. The SMILES string of the molecule is CCC(C(N)=O)c1c(C)n(C(=S)c2ccc(C)cc2)c2cc(F)c(OC)cc12. The Bertz CT molecular complexity index is 1070. The molecule has 0 spiro atoms. The van der Waals surface area contributed by atoms with Gasteiger partial charge in [0.2, 0.25) is 5.91 Å². The quantitative estimate of drug-likeness (QED) is 0.639. The number of hydrogen-bond donors (Lipinski definition) is 1. The average Bonchev–Trinajstić information content (AvgIpc) is 2.93. The average molecular weight is 399 g/mol. The normalized spacial score (nSPS) is 12.2. The maximum atomic E-state index is 14.5. The Morgan fingerprint density at radius 2 is 1.89 bits per heavy atom. The largest absolute Gasteiger partial charge is 0.494 e. The van der Waals surface area contributed by atoms with Gasteiger partial charge in [0.05, 0.1) is 18.5 Å². The fourth-order valence-corrected chi connectivity index (χ4v) is 4.04. The van der Waals surface area contributed by atoms with Crippen LogP contribution in [0.3, 0.4) is 0 Å². The van der Waals surface area contributed by atoms with Crippen LogP contribution in [0.25, 0.3) is 10.9 Å². The molecule has 3 aromatic rings. The van der Waals surface area contributed by atoms with E-state index in [0.717, 1.165) is 27.8 Å². The number of methoxy groups -OCH3 is 1. The highest BCUT2D eigenvalue weighted by Crippen LogP contribution is 2.37. The van der Waals surface area contributed by atoms with Crippen LogP contribution < -0.4 is 10.5 Å². The molecule has 0 radical (unpaired) electrons. The predicted molar refractivity (Wildman–Crippen MR) is 114 cm³/mol.